The van der Waals surface area contributed by atoms with Crippen molar-refractivity contribution in [2.24, 2.45) is 11.8 Å². The molecule has 2 aliphatic carbocycles. The molecule has 2 bridgehead atoms. The van der Waals surface area contributed by atoms with Gasteiger partial charge in [-0.1, -0.05) is 24.1 Å². The molecule has 0 aliphatic heterocycles. The molecular weight excluding hydrogens is 360 g/mol. The van der Waals surface area contributed by atoms with E-state index in [1.807, 2.05) is 0 Å². The van der Waals surface area contributed by atoms with Gasteiger partial charge in [0.1, 0.15) is 0 Å². The lowest BCUT2D eigenvalue weighted by molar-refractivity contribution is -0.122. The Bertz CT molecular complexity index is 738. The Morgan fingerprint density at radius 1 is 1.32 bits per heavy atom. The molecule has 3 unspecified atom stereocenters. The van der Waals surface area contributed by atoms with Gasteiger partial charge in [-0.3, -0.25) is 9.10 Å². The lowest BCUT2D eigenvalue weighted by Gasteiger charge is -2.24. The van der Waals surface area contributed by atoms with Gasteiger partial charge in [-0.05, 0) is 55.7 Å². The van der Waals surface area contributed by atoms with Gasteiger partial charge in [0, 0.05) is 24.0 Å². The maximum absolute atomic E-state index is 12.2. The van der Waals surface area contributed by atoms with Crippen LogP contribution >= 0.6 is 11.6 Å². The van der Waals surface area contributed by atoms with Gasteiger partial charge in [0.05, 0.1) is 11.9 Å². The molecule has 3 rings (SSSR count). The molecule has 7 heteroatoms. The van der Waals surface area contributed by atoms with Crippen LogP contribution in [0.5, 0.6) is 0 Å². The van der Waals surface area contributed by atoms with Gasteiger partial charge < -0.3 is 5.32 Å². The topological polar surface area (TPSA) is 66.5 Å². The molecule has 25 heavy (non-hydrogen) atoms. The molecule has 1 amide bonds. The molecule has 3 atom stereocenters. The first-order chi connectivity index (χ1) is 11.8. The van der Waals surface area contributed by atoms with Crippen LogP contribution in [-0.2, 0) is 14.8 Å². The smallest absolute Gasteiger partial charge is 0.232 e. The van der Waals surface area contributed by atoms with Gasteiger partial charge in [-0.15, -0.1) is 0 Å². The van der Waals surface area contributed by atoms with Crippen LogP contribution in [-0.4, -0.2) is 33.2 Å². The van der Waals surface area contributed by atoms with Crippen LogP contribution in [0.2, 0.25) is 5.02 Å². The molecule has 2 saturated carbocycles. The number of hydrogen-bond donors (Lipinski definition) is 1. The Hall–Kier alpha value is -1.27. The second-order valence-electron chi connectivity index (χ2n) is 7.27. The van der Waals surface area contributed by atoms with Crippen molar-refractivity contribution in [2.45, 2.75) is 44.6 Å². The van der Waals surface area contributed by atoms with Crippen LogP contribution < -0.4 is 9.62 Å². The van der Waals surface area contributed by atoms with Crippen LogP contribution in [0.1, 0.15) is 38.5 Å². The summed E-state index contributed by atoms with van der Waals surface area (Å²) in [5.41, 5.74) is 0.531. The summed E-state index contributed by atoms with van der Waals surface area (Å²) in [6.07, 6.45) is 6.87. The average molecular weight is 385 g/mol. The van der Waals surface area contributed by atoms with E-state index in [0.29, 0.717) is 35.5 Å². The molecule has 2 fully saturated rings. The summed E-state index contributed by atoms with van der Waals surface area (Å²) in [7, 11) is -3.42. The van der Waals surface area contributed by atoms with Gasteiger partial charge >= 0.3 is 0 Å². The third-order valence-corrected chi connectivity index (χ3v) is 6.78. The fourth-order valence-corrected chi connectivity index (χ4v) is 5.34. The van der Waals surface area contributed by atoms with Crippen LogP contribution in [0.4, 0.5) is 5.69 Å². The van der Waals surface area contributed by atoms with Gasteiger partial charge in [0.15, 0.2) is 0 Å². The van der Waals surface area contributed by atoms with Crippen LogP contribution in [0.25, 0.3) is 0 Å². The predicted molar refractivity (Wildman–Crippen MR) is 100 cm³/mol. The maximum Gasteiger partial charge on any atom is 0.232 e. The lowest BCUT2D eigenvalue weighted by atomic mass is 9.95. The number of halogens is 1. The Morgan fingerprint density at radius 3 is 2.72 bits per heavy atom. The van der Waals surface area contributed by atoms with Crippen molar-refractivity contribution in [3.8, 4) is 0 Å². The van der Waals surface area contributed by atoms with E-state index in [-0.39, 0.29) is 12.5 Å². The molecule has 0 spiro atoms. The number of carbonyl (C=O) groups is 1. The molecular formula is C18H25ClN2O3S. The van der Waals surface area contributed by atoms with E-state index in [9.17, 15) is 13.2 Å². The summed E-state index contributed by atoms with van der Waals surface area (Å²) in [6, 6.07) is 7.08. The van der Waals surface area contributed by atoms with Crippen LogP contribution in [0.15, 0.2) is 24.3 Å². The number of sulfonamides is 1. The summed E-state index contributed by atoms with van der Waals surface area (Å²) < 4.78 is 25.4. The number of hydrogen-bond acceptors (Lipinski definition) is 3. The number of carbonyl (C=O) groups excluding carboxylic acids is 1. The number of amides is 1. The minimum absolute atomic E-state index is 0.0251. The van der Waals surface area contributed by atoms with Crippen LogP contribution in [0.3, 0.4) is 0 Å². The first kappa shape index (κ1) is 18.5. The summed E-state index contributed by atoms with van der Waals surface area (Å²) in [5, 5.41) is 3.63. The lowest BCUT2D eigenvalue weighted by Crippen LogP contribution is -2.39. The number of rotatable bonds is 7. The van der Waals surface area contributed by atoms with E-state index >= 15 is 0 Å². The van der Waals surface area contributed by atoms with Crippen molar-refractivity contribution in [2.75, 3.05) is 17.1 Å². The summed E-state index contributed by atoms with van der Waals surface area (Å²) >= 11 is 5.96. The first-order valence-electron chi connectivity index (χ1n) is 8.85. The zero-order valence-corrected chi connectivity index (χ0v) is 16.0. The van der Waals surface area contributed by atoms with Crippen molar-refractivity contribution in [3.63, 3.8) is 0 Å². The molecule has 5 nitrogen and oxygen atoms in total. The van der Waals surface area contributed by atoms with Gasteiger partial charge in [0.25, 0.3) is 0 Å². The first-order valence-corrected chi connectivity index (χ1v) is 11.1. The number of nitrogens with zero attached hydrogens (tertiary/aromatic N) is 1. The van der Waals surface area contributed by atoms with Crippen LogP contribution in [0, 0.1) is 11.8 Å². The van der Waals surface area contributed by atoms with Crippen molar-refractivity contribution in [1.29, 1.82) is 0 Å². The van der Waals surface area contributed by atoms with Crippen molar-refractivity contribution >= 4 is 33.2 Å². The van der Waals surface area contributed by atoms with E-state index in [0.717, 1.165) is 12.3 Å². The monoisotopic (exact) mass is 384 g/mol. The Morgan fingerprint density at radius 2 is 2.12 bits per heavy atom. The minimum atomic E-state index is -3.42. The largest absolute Gasteiger partial charge is 0.353 e. The fourth-order valence-electron chi connectivity index (χ4n) is 4.20. The minimum Gasteiger partial charge on any atom is -0.353 e. The van der Waals surface area contributed by atoms with E-state index in [1.165, 1.54) is 29.8 Å². The molecule has 1 aromatic rings. The average Bonchev–Trinajstić information content (AvgIpc) is 3.13. The predicted octanol–water partition coefficient (Wildman–Crippen LogP) is 3.19. The molecule has 0 heterocycles. The van der Waals surface area contributed by atoms with Gasteiger partial charge in [-0.25, -0.2) is 8.42 Å². The quantitative estimate of drug-likeness (QED) is 0.785. The summed E-state index contributed by atoms with van der Waals surface area (Å²) in [4.78, 5) is 12.2. The molecule has 0 aromatic heterocycles. The molecule has 0 radical (unpaired) electrons. The van der Waals surface area contributed by atoms with E-state index in [2.05, 4.69) is 5.32 Å². The molecule has 2 aliphatic rings. The summed E-state index contributed by atoms with van der Waals surface area (Å²) in [6.45, 7) is 0.267. The molecule has 1 aromatic carbocycles. The Balaban J connectivity index is 1.52. The van der Waals surface area contributed by atoms with Gasteiger partial charge in [0.2, 0.25) is 15.9 Å². The highest BCUT2D eigenvalue weighted by Gasteiger charge is 2.39. The van der Waals surface area contributed by atoms with Crippen molar-refractivity contribution in [3.05, 3.63) is 29.3 Å². The molecule has 0 saturated heterocycles. The highest BCUT2D eigenvalue weighted by atomic mass is 35.5. The Labute approximate surface area is 154 Å². The van der Waals surface area contributed by atoms with Crippen molar-refractivity contribution < 1.29 is 13.2 Å². The second kappa shape index (κ2) is 7.54. The highest BCUT2D eigenvalue weighted by Crippen LogP contribution is 2.44. The zero-order valence-electron chi connectivity index (χ0n) is 14.4. The second-order valence-corrected chi connectivity index (χ2v) is 9.61. The standard InChI is InChI=1S/C18H25ClN2O3S/c1-25(23,24)21(16-5-2-4-15(19)12-16)9-3-6-18(22)20-17-11-13-7-8-14(17)10-13/h2,4-5,12-14,17H,3,6-11H2,1H3,(H,20,22). The van der Waals surface area contributed by atoms with E-state index < -0.39 is 10.0 Å². The summed E-state index contributed by atoms with van der Waals surface area (Å²) in [5.74, 6) is 1.46. The zero-order chi connectivity index (χ0) is 18.0. The maximum atomic E-state index is 12.2. The number of benzene rings is 1. The molecule has 1 N–H and O–H groups in total. The fraction of sp³-hybridized carbons (Fsp3) is 0.611. The van der Waals surface area contributed by atoms with E-state index in [4.69, 9.17) is 11.6 Å². The van der Waals surface area contributed by atoms with Gasteiger partial charge in [-0.2, -0.15) is 0 Å². The highest BCUT2D eigenvalue weighted by molar-refractivity contribution is 7.92. The molecule has 138 valence electrons. The third-order valence-electron chi connectivity index (χ3n) is 5.35. The van der Waals surface area contributed by atoms with Crippen molar-refractivity contribution in [1.82, 2.24) is 5.32 Å². The third kappa shape index (κ3) is 4.67. The normalized spacial score (nSPS) is 25.1. The van der Waals surface area contributed by atoms with E-state index in [1.54, 1.807) is 24.3 Å². The Kier molecular flexibility index (Phi) is 5.58. The number of fused-ring (bicyclic) bond motifs is 2. The number of anilines is 1. The number of nitrogens with one attached hydrogen (secondary N) is 1. The SMILES string of the molecule is CS(=O)(=O)N(CCCC(=O)NC1CC2CCC1C2)c1cccc(Cl)c1.